The summed E-state index contributed by atoms with van der Waals surface area (Å²) in [6.07, 6.45) is 1.64. The van der Waals surface area contributed by atoms with Crippen molar-refractivity contribution in [2.75, 3.05) is 26.8 Å². The summed E-state index contributed by atoms with van der Waals surface area (Å²) in [7, 11) is 1.62. The van der Waals surface area contributed by atoms with E-state index >= 15 is 0 Å². The molecule has 0 aromatic heterocycles. The van der Waals surface area contributed by atoms with E-state index in [0.717, 1.165) is 24.5 Å². The van der Waals surface area contributed by atoms with Crippen molar-refractivity contribution in [1.29, 1.82) is 0 Å². The molecule has 0 atom stereocenters. The van der Waals surface area contributed by atoms with E-state index < -0.39 is 0 Å². The van der Waals surface area contributed by atoms with Crippen LogP contribution in [0.25, 0.3) is 0 Å². The molecule has 0 N–H and O–H groups in total. The Morgan fingerprint density at radius 2 is 2.06 bits per heavy atom. The van der Waals surface area contributed by atoms with Gasteiger partial charge < -0.3 is 14.4 Å². The first-order valence-corrected chi connectivity index (χ1v) is 5.85. The average Bonchev–Trinajstić information content (AvgIpc) is 2.76. The predicted octanol–water partition coefficient (Wildman–Crippen LogP) is 1.70. The van der Waals surface area contributed by atoms with E-state index in [0.29, 0.717) is 19.6 Å². The molecule has 0 radical (unpaired) electrons. The highest BCUT2D eigenvalue weighted by Crippen LogP contribution is 2.25. The van der Waals surface area contributed by atoms with Gasteiger partial charge in [0.15, 0.2) is 11.5 Å². The standard InChI is InChI=1S/C13H17NO3/c1-16-11-5-2-3-6-12(11)17-10-9-14-8-4-7-13(14)15/h2-3,5-6H,4,7-10H2,1H3. The van der Waals surface area contributed by atoms with E-state index in [-0.39, 0.29) is 5.91 Å². The SMILES string of the molecule is COc1ccccc1OCCN1CCCC1=O. The number of hydrogen-bond donors (Lipinski definition) is 0. The van der Waals surface area contributed by atoms with Crippen LogP contribution in [0.4, 0.5) is 0 Å². The molecule has 4 nitrogen and oxygen atoms in total. The molecule has 92 valence electrons. The molecule has 0 bridgehead atoms. The summed E-state index contributed by atoms with van der Waals surface area (Å²) in [6.45, 7) is 2.01. The average molecular weight is 235 g/mol. The summed E-state index contributed by atoms with van der Waals surface area (Å²) in [6, 6.07) is 7.52. The van der Waals surface area contributed by atoms with Crippen LogP contribution in [0.2, 0.25) is 0 Å². The number of carbonyl (C=O) groups is 1. The van der Waals surface area contributed by atoms with Crippen molar-refractivity contribution in [1.82, 2.24) is 4.90 Å². The highest BCUT2D eigenvalue weighted by atomic mass is 16.5. The van der Waals surface area contributed by atoms with Crippen LogP contribution in [0.3, 0.4) is 0 Å². The van der Waals surface area contributed by atoms with E-state index in [9.17, 15) is 4.79 Å². The van der Waals surface area contributed by atoms with Gasteiger partial charge in [0.2, 0.25) is 5.91 Å². The van der Waals surface area contributed by atoms with Crippen LogP contribution in [0, 0.1) is 0 Å². The van der Waals surface area contributed by atoms with Crippen molar-refractivity contribution in [2.45, 2.75) is 12.8 Å². The third kappa shape index (κ3) is 2.90. The van der Waals surface area contributed by atoms with Crippen molar-refractivity contribution in [2.24, 2.45) is 0 Å². The predicted molar refractivity (Wildman–Crippen MR) is 64.3 cm³/mol. The molecular formula is C13H17NO3. The number of methoxy groups -OCH3 is 1. The molecule has 1 heterocycles. The lowest BCUT2D eigenvalue weighted by Crippen LogP contribution is -2.29. The zero-order valence-electron chi connectivity index (χ0n) is 10.0. The van der Waals surface area contributed by atoms with E-state index in [4.69, 9.17) is 9.47 Å². The summed E-state index contributed by atoms with van der Waals surface area (Å²) >= 11 is 0. The van der Waals surface area contributed by atoms with Crippen LogP contribution in [0.5, 0.6) is 11.5 Å². The van der Waals surface area contributed by atoms with Crippen molar-refractivity contribution >= 4 is 5.91 Å². The number of ether oxygens (including phenoxy) is 2. The van der Waals surface area contributed by atoms with Crippen LogP contribution < -0.4 is 9.47 Å². The first-order valence-electron chi connectivity index (χ1n) is 5.85. The number of nitrogens with zero attached hydrogens (tertiary/aromatic N) is 1. The van der Waals surface area contributed by atoms with E-state index in [1.807, 2.05) is 29.2 Å². The van der Waals surface area contributed by atoms with Crippen LogP contribution >= 0.6 is 0 Å². The summed E-state index contributed by atoms with van der Waals surface area (Å²) in [5, 5.41) is 0. The molecule has 1 saturated heterocycles. The van der Waals surface area contributed by atoms with Gasteiger partial charge in [-0.05, 0) is 18.6 Å². The Balaban J connectivity index is 1.83. The first kappa shape index (κ1) is 11.8. The number of likely N-dealkylation sites (tertiary alicyclic amines) is 1. The number of amides is 1. The van der Waals surface area contributed by atoms with Crippen LogP contribution in [0.15, 0.2) is 24.3 Å². The van der Waals surface area contributed by atoms with Crippen molar-refractivity contribution in [3.05, 3.63) is 24.3 Å². The summed E-state index contributed by atoms with van der Waals surface area (Å²) < 4.78 is 10.8. The number of para-hydroxylation sites is 2. The minimum absolute atomic E-state index is 0.230. The van der Waals surface area contributed by atoms with Gasteiger partial charge in [0.25, 0.3) is 0 Å². The Bertz CT molecular complexity index is 392. The molecule has 1 aromatic rings. The van der Waals surface area contributed by atoms with Gasteiger partial charge in [-0.2, -0.15) is 0 Å². The second-order valence-corrected chi connectivity index (χ2v) is 3.98. The second kappa shape index (κ2) is 5.57. The van der Waals surface area contributed by atoms with Crippen LogP contribution in [-0.2, 0) is 4.79 Å². The Kier molecular flexibility index (Phi) is 3.85. The Morgan fingerprint density at radius 3 is 2.71 bits per heavy atom. The largest absolute Gasteiger partial charge is 0.493 e. The molecule has 0 spiro atoms. The van der Waals surface area contributed by atoms with Gasteiger partial charge in [-0.3, -0.25) is 4.79 Å². The lowest BCUT2D eigenvalue weighted by Gasteiger charge is -2.16. The van der Waals surface area contributed by atoms with Gasteiger partial charge in [0.05, 0.1) is 13.7 Å². The fourth-order valence-corrected chi connectivity index (χ4v) is 1.94. The molecular weight excluding hydrogens is 218 g/mol. The molecule has 1 amide bonds. The van der Waals surface area contributed by atoms with Crippen molar-refractivity contribution in [3.8, 4) is 11.5 Å². The molecule has 2 rings (SSSR count). The highest BCUT2D eigenvalue weighted by molar-refractivity contribution is 5.78. The monoisotopic (exact) mass is 235 g/mol. The fourth-order valence-electron chi connectivity index (χ4n) is 1.94. The maximum atomic E-state index is 11.4. The topological polar surface area (TPSA) is 38.8 Å². The van der Waals surface area contributed by atoms with Crippen molar-refractivity contribution in [3.63, 3.8) is 0 Å². The van der Waals surface area contributed by atoms with Gasteiger partial charge in [-0.1, -0.05) is 12.1 Å². The Morgan fingerprint density at radius 1 is 1.29 bits per heavy atom. The molecule has 1 aromatic carbocycles. The summed E-state index contributed by atoms with van der Waals surface area (Å²) in [5.74, 6) is 1.68. The maximum Gasteiger partial charge on any atom is 0.222 e. The maximum absolute atomic E-state index is 11.4. The number of rotatable bonds is 5. The summed E-state index contributed by atoms with van der Waals surface area (Å²) in [5.41, 5.74) is 0. The first-order chi connectivity index (χ1) is 8.31. The van der Waals surface area contributed by atoms with Crippen LogP contribution in [0.1, 0.15) is 12.8 Å². The fraction of sp³-hybridized carbons (Fsp3) is 0.462. The minimum Gasteiger partial charge on any atom is -0.493 e. The van der Waals surface area contributed by atoms with Gasteiger partial charge in [-0.25, -0.2) is 0 Å². The van der Waals surface area contributed by atoms with Gasteiger partial charge >= 0.3 is 0 Å². The van der Waals surface area contributed by atoms with E-state index in [1.54, 1.807) is 7.11 Å². The molecule has 1 fully saturated rings. The zero-order valence-corrected chi connectivity index (χ0v) is 10.0. The third-order valence-corrected chi connectivity index (χ3v) is 2.86. The zero-order chi connectivity index (χ0) is 12.1. The van der Waals surface area contributed by atoms with E-state index in [2.05, 4.69) is 0 Å². The number of hydrogen-bond acceptors (Lipinski definition) is 3. The molecule has 1 aliphatic heterocycles. The Labute approximate surface area is 101 Å². The van der Waals surface area contributed by atoms with Crippen molar-refractivity contribution < 1.29 is 14.3 Å². The van der Waals surface area contributed by atoms with Crippen LogP contribution in [-0.4, -0.2) is 37.6 Å². The minimum atomic E-state index is 0.230. The highest BCUT2D eigenvalue weighted by Gasteiger charge is 2.19. The lowest BCUT2D eigenvalue weighted by molar-refractivity contribution is -0.128. The van der Waals surface area contributed by atoms with Gasteiger partial charge in [0, 0.05) is 13.0 Å². The Hall–Kier alpha value is -1.71. The molecule has 0 unspecified atom stereocenters. The molecule has 0 aliphatic carbocycles. The second-order valence-electron chi connectivity index (χ2n) is 3.98. The van der Waals surface area contributed by atoms with Gasteiger partial charge in [0.1, 0.15) is 6.61 Å². The van der Waals surface area contributed by atoms with E-state index in [1.165, 1.54) is 0 Å². The quantitative estimate of drug-likeness (QED) is 0.779. The number of benzene rings is 1. The molecule has 17 heavy (non-hydrogen) atoms. The summed E-state index contributed by atoms with van der Waals surface area (Å²) in [4.78, 5) is 13.2. The smallest absolute Gasteiger partial charge is 0.222 e. The normalized spacial score (nSPS) is 15.1. The van der Waals surface area contributed by atoms with Gasteiger partial charge in [-0.15, -0.1) is 0 Å². The molecule has 0 saturated carbocycles. The third-order valence-electron chi connectivity index (χ3n) is 2.86. The molecule has 1 aliphatic rings. The number of carbonyl (C=O) groups excluding carboxylic acids is 1. The molecule has 4 heteroatoms. The lowest BCUT2D eigenvalue weighted by atomic mass is 10.3.